The van der Waals surface area contributed by atoms with Gasteiger partial charge in [-0.05, 0) is 42.8 Å². The standard InChI is InChI=1S/C21H20N2O6/c24-19(22-14-7-9-15(10-8-14)23-11-3-6-20(23)25)13-28-21(26)18-12-27-16-4-1-2-5-17(16)29-18/h1-2,4-5,7-10,18H,3,6,11-13H2,(H,22,24)/t18-/m0/s1. The Morgan fingerprint density at radius 2 is 1.86 bits per heavy atom. The molecule has 2 aliphatic rings. The largest absolute Gasteiger partial charge is 0.485 e. The Labute approximate surface area is 167 Å². The predicted octanol–water partition coefficient (Wildman–Crippen LogP) is 2.14. The smallest absolute Gasteiger partial charge is 0.351 e. The average molecular weight is 396 g/mol. The summed E-state index contributed by atoms with van der Waals surface area (Å²) in [6, 6.07) is 14.0. The monoisotopic (exact) mass is 396 g/mol. The van der Waals surface area contributed by atoms with Crippen molar-refractivity contribution in [2.24, 2.45) is 0 Å². The average Bonchev–Trinajstić information content (AvgIpc) is 3.18. The maximum atomic E-state index is 12.1. The third kappa shape index (κ3) is 4.31. The topological polar surface area (TPSA) is 94.2 Å². The molecule has 2 aromatic carbocycles. The summed E-state index contributed by atoms with van der Waals surface area (Å²) >= 11 is 0. The summed E-state index contributed by atoms with van der Waals surface area (Å²) in [5, 5.41) is 2.65. The fourth-order valence-corrected chi connectivity index (χ4v) is 3.21. The molecule has 2 amide bonds. The van der Waals surface area contributed by atoms with Gasteiger partial charge < -0.3 is 24.4 Å². The van der Waals surface area contributed by atoms with Crippen LogP contribution in [-0.4, -0.2) is 43.6 Å². The van der Waals surface area contributed by atoms with Gasteiger partial charge in [0, 0.05) is 24.3 Å². The second-order valence-electron chi connectivity index (χ2n) is 6.72. The van der Waals surface area contributed by atoms with Crippen molar-refractivity contribution < 1.29 is 28.6 Å². The molecule has 29 heavy (non-hydrogen) atoms. The zero-order chi connectivity index (χ0) is 20.2. The van der Waals surface area contributed by atoms with Crippen molar-refractivity contribution in [3.8, 4) is 11.5 Å². The van der Waals surface area contributed by atoms with E-state index in [0.717, 1.165) is 12.1 Å². The van der Waals surface area contributed by atoms with Crippen LogP contribution in [0.15, 0.2) is 48.5 Å². The lowest BCUT2D eigenvalue weighted by molar-refractivity contribution is -0.156. The summed E-state index contributed by atoms with van der Waals surface area (Å²) in [7, 11) is 0. The maximum absolute atomic E-state index is 12.1. The van der Waals surface area contributed by atoms with Gasteiger partial charge in [0.15, 0.2) is 18.1 Å². The lowest BCUT2D eigenvalue weighted by atomic mass is 10.2. The van der Waals surface area contributed by atoms with Crippen LogP contribution < -0.4 is 19.7 Å². The van der Waals surface area contributed by atoms with Crippen molar-refractivity contribution in [3.63, 3.8) is 0 Å². The zero-order valence-electron chi connectivity index (χ0n) is 15.6. The Hall–Kier alpha value is -3.55. The van der Waals surface area contributed by atoms with Crippen molar-refractivity contribution in [1.82, 2.24) is 0 Å². The van der Waals surface area contributed by atoms with Gasteiger partial charge in [0.25, 0.3) is 5.91 Å². The van der Waals surface area contributed by atoms with E-state index in [1.807, 2.05) is 0 Å². The zero-order valence-corrected chi connectivity index (χ0v) is 15.6. The SMILES string of the molecule is O=C(COC(=O)[C@@H]1COc2ccccc2O1)Nc1ccc(N2CCCC2=O)cc1. The first kappa shape index (κ1) is 18.8. The first-order chi connectivity index (χ1) is 14.1. The van der Waals surface area contributed by atoms with Crippen LogP contribution in [0.2, 0.25) is 0 Å². The molecule has 4 rings (SSSR count). The molecular weight excluding hydrogens is 376 g/mol. The lowest BCUT2D eigenvalue weighted by Crippen LogP contribution is -2.39. The summed E-state index contributed by atoms with van der Waals surface area (Å²) in [6.45, 7) is 0.290. The number of nitrogens with one attached hydrogen (secondary N) is 1. The highest BCUT2D eigenvalue weighted by molar-refractivity contribution is 5.96. The molecule has 8 heteroatoms. The van der Waals surface area contributed by atoms with E-state index in [4.69, 9.17) is 14.2 Å². The quantitative estimate of drug-likeness (QED) is 0.779. The molecule has 0 saturated carbocycles. The highest BCUT2D eigenvalue weighted by atomic mass is 16.6. The van der Waals surface area contributed by atoms with Crippen LogP contribution in [0.1, 0.15) is 12.8 Å². The van der Waals surface area contributed by atoms with Gasteiger partial charge >= 0.3 is 5.97 Å². The molecule has 2 heterocycles. The van der Waals surface area contributed by atoms with E-state index in [0.29, 0.717) is 30.2 Å². The number of hydrogen-bond acceptors (Lipinski definition) is 6. The molecule has 1 saturated heterocycles. The van der Waals surface area contributed by atoms with E-state index >= 15 is 0 Å². The van der Waals surface area contributed by atoms with Crippen molar-refractivity contribution in [3.05, 3.63) is 48.5 Å². The summed E-state index contributed by atoms with van der Waals surface area (Å²) < 4.78 is 16.1. The summed E-state index contributed by atoms with van der Waals surface area (Å²) in [5.41, 5.74) is 1.35. The summed E-state index contributed by atoms with van der Waals surface area (Å²) in [6.07, 6.45) is 0.491. The number of hydrogen-bond donors (Lipinski definition) is 1. The minimum absolute atomic E-state index is 0.0220. The molecule has 0 aliphatic carbocycles. The van der Waals surface area contributed by atoms with Gasteiger partial charge in [-0.15, -0.1) is 0 Å². The normalized spacial score (nSPS) is 17.7. The van der Waals surface area contributed by atoms with Crippen molar-refractivity contribution >= 4 is 29.2 Å². The van der Waals surface area contributed by atoms with Crippen molar-refractivity contribution in [2.45, 2.75) is 18.9 Å². The molecule has 2 aliphatic heterocycles. The summed E-state index contributed by atoms with van der Waals surface area (Å²) in [4.78, 5) is 37.7. The van der Waals surface area contributed by atoms with Crippen molar-refractivity contribution in [2.75, 3.05) is 30.0 Å². The number of carbonyl (C=O) groups is 3. The van der Waals surface area contributed by atoms with Crippen molar-refractivity contribution in [1.29, 1.82) is 0 Å². The highest BCUT2D eigenvalue weighted by Crippen LogP contribution is 2.31. The molecule has 1 fully saturated rings. The number of anilines is 2. The number of esters is 1. The highest BCUT2D eigenvalue weighted by Gasteiger charge is 2.29. The Bertz CT molecular complexity index is 927. The number of fused-ring (bicyclic) bond motifs is 1. The number of rotatable bonds is 5. The van der Waals surface area contributed by atoms with Crippen LogP contribution in [-0.2, 0) is 19.1 Å². The van der Waals surface area contributed by atoms with E-state index in [-0.39, 0.29) is 12.5 Å². The molecule has 8 nitrogen and oxygen atoms in total. The van der Waals surface area contributed by atoms with Gasteiger partial charge in [0.2, 0.25) is 12.0 Å². The number of ether oxygens (including phenoxy) is 3. The van der Waals surface area contributed by atoms with Gasteiger partial charge in [0.1, 0.15) is 6.61 Å². The Balaban J connectivity index is 1.26. The molecule has 150 valence electrons. The number of para-hydroxylation sites is 2. The molecule has 0 unspecified atom stereocenters. The number of amides is 2. The van der Waals surface area contributed by atoms with E-state index in [9.17, 15) is 14.4 Å². The minimum Gasteiger partial charge on any atom is -0.485 e. The van der Waals surface area contributed by atoms with Crippen LogP contribution >= 0.6 is 0 Å². The van der Waals surface area contributed by atoms with Gasteiger partial charge in [-0.2, -0.15) is 0 Å². The van der Waals surface area contributed by atoms with E-state index in [1.54, 1.807) is 53.4 Å². The molecule has 0 aromatic heterocycles. The number of nitrogens with zero attached hydrogens (tertiary/aromatic N) is 1. The third-order valence-corrected chi connectivity index (χ3v) is 4.65. The van der Waals surface area contributed by atoms with Crippen LogP contribution in [0.25, 0.3) is 0 Å². The minimum atomic E-state index is -0.921. The van der Waals surface area contributed by atoms with E-state index in [1.165, 1.54) is 0 Å². The van der Waals surface area contributed by atoms with Gasteiger partial charge in [-0.3, -0.25) is 9.59 Å². The van der Waals surface area contributed by atoms with Crippen LogP contribution in [0, 0.1) is 0 Å². The second kappa shape index (κ2) is 8.22. The van der Waals surface area contributed by atoms with Gasteiger partial charge in [-0.1, -0.05) is 12.1 Å². The fraction of sp³-hybridized carbons (Fsp3) is 0.286. The number of carbonyl (C=O) groups excluding carboxylic acids is 3. The van der Waals surface area contributed by atoms with E-state index in [2.05, 4.69) is 5.32 Å². The number of benzene rings is 2. The van der Waals surface area contributed by atoms with Crippen LogP contribution in [0.3, 0.4) is 0 Å². The lowest BCUT2D eigenvalue weighted by Gasteiger charge is -2.24. The predicted molar refractivity (Wildman–Crippen MR) is 104 cm³/mol. The molecular formula is C21H20N2O6. The Kier molecular flexibility index (Phi) is 5.33. The first-order valence-corrected chi connectivity index (χ1v) is 9.35. The third-order valence-electron chi connectivity index (χ3n) is 4.65. The summed E-state index contributed by atoms with van der Waals surface area (Å²) in [5.74, 6) is -0.0154. The Morgan fingerprint density at radius 1 is 1.10 bits per heavy atom. The van der Waals surface area contributed by atoms with Gasteiger partial charge in [-0.25, -0.2) is 4.79 Å². The van der Waals surface area contributed by atoms with Crippen LogP contribution in [0.4, 0.5) is 11.4 Å². The molecule has 0 spiro atoms. The Morgan fingerprint density at radius 3 is 2.59 bits per heavy atom. The fourth-order valence-electron chi connectivity index (χ4n) is 3.21. The van der Waals surface area contributed by atoms with Gasteiger partial charge in [0.05, 0.1) is 0 Å². The molecule has 1 N–H and O–H groups in total. The maximum Gasteiger partial charge on any atom is 0.351 e. The molecule has 1 atom stereocenters. The molecule has 0 bridgehead atoms. The molecule has 2 aromatic rings. The van der Waals surface area contributed by atoms with Crippen LogP contribution in [0.5, 0.6) is 11.5 Å². The van der Waals surface area contributed by atoms with E-state index < -0.39 is 24.6 Å². The molecule has 0 radical (unpaired) electrons. The first-order valence-electron chi connectivity index (χ1n) is 9.35. The second-order valence-corrected chi connectivity index (χ2v) is 6.72.